The topological polar surface area (TPSA) is 287 Å². The number of benzene rings is 1. The maximum Gasteiger partial charge on any atom is 0.326 e. The van der Waals surface area contributed by atoms with E-state index < -0.39 is 90.8 Å². The van der Waals surface area contributed by atoms with E-state index in [9.17, 15) is 54.0 Å². The summed E-state index contributed by atoms with van der Waals surface area (Å²) in [7, 11) is 0. The molecule has 0 aromatic heterocycles. The molecule has 5 amide bonds. The second kappa shape index (κ2) is 22.8. The van der Waals surface area contributed by atoms with Gasteiger partial charge in [-0.15, -0.1) is 0 Å². The van der Waals surface area contributed by atoms with Crippen molar-refractivity contribution in [3.63, 3.8) is 0 Å². The zero-order valence-electron chi connectivity index (χ0n) is 26.9. The molecule has 0 aliphatic rings. The Labute approximate surface area is 297 Å². The van der Waals surface area contributed by atoms with Crippen LogP contribution >= 0.6 is 36.2 Å². The zero-order valence-corrected chi connectivity index (χ0v) is 29.4. The summed E-state index contributed by atoms with van der Waals surface area (Å²) in [5, 5.41) is 49.9. The number of aliphatic hydroxyl groups excluding tert-OH is 1. The molecule has 11 N–H and O–H groups in total. The number of rotatable bonds is 23. The van der Waals surface area contributed by atoms with E-state index in [0.717, 1.165) is 0 Å². The first-order valence-corrected chi connectivity index (χ1v) is 18.3. The zero-order chi connectivity index (χ0) is 37.1. The molecule has 0 fully saturated rings. The number of carbonyl (C=O) groups is 7. The number of nitrogens with two attached hydrogens (primary N) is 1. The van der Waals surface area contributed by atoms with E-state index in [1.807, 2.05) is 6.26 Å². The quantitative estimate of drug-likeness (QED) is 0.0524. The number of aliphatic carboxylic acids is 2. The van der Waals surface area contributed by atoms with Gasteiger partial charge in [0.15, 0.2) is 0 Å². The minimum atomic E-state index is -1.79. The van der Waals surface area contributed by atoms with Crippen molar-refractivity contribution in [2.75, 3.05) is 36.4 Å². The minimum Gasteiger partial charge on any atom is -0.508 e. The summed E-state index contributed by atoms with van der Waals surface area (Å²) in [4.78, 5) is 88.2. The van der Waals surface area contributed by atoms with Crippen molar-refractivity contribution >= 4 is 77.6 Å². The fourth-order valence-corrected chi connectivity index (χ4v) is 5.31. The molecular formula is C29H44N6O11S3. The predicted molar refractivity (Wildman–Crippen MR) is 186 cm³/mol. The lowest BCUT2D eigenvalue weighted by Gasteiger charge is -2.26. The Morgan fingerprint density at radius 1 is 0.714 bits per heavy atom. The number of carbonyl (C=O) groups excluding carboxylic acids is 5. The summed E-state index contributed by atoms with van der Waals surface area (Å²) >= 11 is 6.84. The molecule has 49 heavy (non-hydrogen) atoms. The number of phenols is 1. The van der Waals surface area contributed by atoms with Gasteiger partial charge in [0.25, 0.3) is 0 Å². The number of hydrogen-bond acceptors (Lipinski definition) is 13. The van der Waals surface area contributed by atoms with E-state index >= 15 is 0 Å². The second-order valence-electron chi connectivity index (χ2n) is 10.6. The molecule has 0 aliphatic carbocycles. The normalized spacial score (nSPS) is 14.6. The molecule has 0 spiro atoms. The van der Waals surface area contributed by atoms with Gasteiger partial charge in [-0.3, -0.25) is 28.8 Å². The molecule has 0 saturated heterocycles. The van der Waals surface area contributed by atoms with Crippen molar-refractivity contribution in [1.82, 2.24) is 26.6 Å². The van der Waals surface area contributed by atoms with Gasteiger partial charge in [-0.2, -0.15) is 36.2 Å². The molecule has 0 bridgehead atoms. The lowest BCUT2D eigenvalue weighted by atomic mass is 10.0. The summed E-state index contributed by atoms with van der Waals surface area (Å²) in [5.41, 5.74) is 6.31. The van der Waals surface area contributed by atoms with Crippen LogP contribution in [0.1, 0.15) is 24.8 Å². The van der Waals surface area contributed by atoms with Gasteiger partial charge in [-0.05, 0) is 54.6 Å². The highest BCUT2D eigenvalue weighted by Gasteiger charge is 2.33. The lowest BCUT2D eigenvalue weighted by molar-refractivity contribution is -0.143. The Hall–Kier alpha value is -3.72. The third-order valence-electron chi connectivity index (χ3n) is 6.85. The van der Waals surface area contributed by atoms with Gasteiger partial charge in [0.2, 0.25) is 29.5 Å². The maximum absolute atomic E-state index is 13.2. The van der Waals surface area contributed by atoms with Gasteiger partial charge >= 0.3 is 11.9 Å². The predicted octanol–water partition coefficient (Wildman–Crippen LogP) is -2.33. The van der Waals surface area contributed by atoms with Crippen LogP contribution in [0.5, 0.6) is 5.75 Å². The Kier molecular flexibility index (Phi) is 20.2. The molecule has 0 aliphatic heterocycles. The molecule has 1 aromatic rings. The first-order chi connectivity index (χ1) is 23.2. The van der Waals surface area contributed by atoms with Gasteiger partial charge in [0.05, 0.1) is 19.1 Å². The van der Waals surface area contributed by atoms with Crippen LogP contribution in [-0.2, 0) is 40.0 Å². The van der Waals surface area contributed by atoms with Crippen molar-refractivity contribution in [2.45, 2.75) is 61.9 Å². The van der Waals surface area contributed by atoms with Crippen LogP contribution in [0, 0.1) is 0 Å². The number of carboxylic acid groups (broad SMARTS) is 2. The molecule has 1 aromatic carbocycles. The van der Waals surface area contributed by atoms with Crippen LogP contribution in [0.3, 0.4) is 0 Å². The Morgan fingerprint density at radius 2 is 1.18 bits per heavy atom. The Morgan fingerprint density at radius 3 is 1.71 bits per heavy atom. The molecule has 6 atom stereocenters. The SMILES string of the molecule is CSCC[C@H](N)C(=O)N[C@@H](CS)C(=O)N[C@@H](CO)C(=O)N[C@@H](CC(=O)O)C(=O)N[C@H](CCSC)C(=O)N[C@@H](Cc1ccc(O)cc1)C(=O)O. The monoisotopic (exact) mass is 748 g/mol. The first-order valence-electron chi connectivity index (χ1n) is 14.9. The molecular weight excluding hydrogens is 705 g/mol. The summed E-state index contributed by atoms with van der Waals surface area (Å²) in [6.45, 7) is -0.976. The highest BCUT2D eigenvalue weighted by atomic mass is 32.2. The van der Waals surface area contributed by atoms with Crippen LogP contribution in [-0.4, -0.2) is 135 Å². The van der Waals surface area contributed by atoms with Crippen molar-refractivity contribution < 1.29 is 54.0 Å². The molecule has 0 unspecified atom stereocenters. The molecule has 0 heterocycles. The number of hydrogen-bond donors (Lipinski definition) is 11. The maximum atomic E-state index is 13.2. The molecule has 20 heteroatoms. The molecule has 17 nitrogen and oxygen atoms in total. The van der Waals surface area contributed by atoms with Crippen LogP contribution < -0.4 is 32.3 Å². The standard InChI is InChI=1S/C29H44N6O11S3/c1-48-9-7-17(30)24(40)35-22(14-47)28(44)34-21(13-36)27(43)32-19(12-23(38)39)26(42)31-18(8-10-49-2)25(41)33-20(29(45)46)11-15-3-5-16(37)6-4-15/h3-6,17-22,36-37,47H,7-14,30H2,1-2H3,(H,31,42)(H,32,43)(H,33,41)(H,34,44)(H,35,40)(H,38,39)(H,45,46)/t17-,18+,19-,20-,21-,22-/m0/s1. The minimum absolute atomic E-state index is 0.00508. The van der Waals surface area contributed by atoms with Crippen molar-refractivity contribution in [2.24, 2.45) is 5.73 Å². The number of phenolic OH excluding ortho intramolecular Hbond substituents is 1. The molecule has 0 saturated carbocycles. The number of aromatic hydroxyl groups is 1. The Bertz CT molecular complexity index is 1290. The number of nitrogens with one attached hydrogen (secondary N) is 5. The highest BCUT2D eigenvalue weighted by Crippen LogP contribution is 2.12. The fraction of sp³-hybridized carbons (Fsp3) is 0.552. The number of aliphatic hydroxyl groups is 1. The molecule has 274 valence electrons. The van der Waals surface area contributed by atoms with Crippen LogP contribution in [0.4, 0.5) is 0 Å². The number of thioether (sulfide) groups is 2. The third-order valence-corrected chi connectivity index (χ3v) is 8.50. The van der Waals surface area contributed by atoms with Crippen LogP contribution in [0.2, 0.25) is 0 Å². The van der Waals surface area contributed by atoms with Crippen LogP contribution in [0.15, 0.2) is 24.3 Å². The smallest absolute Gasteiger partial charge is 0.326 e. The van der Waals surface area contributed by atoms with E-state index in [1.54, 1.807) is 6.26 Å². The van der Waals surface area contributed by atoms with E-state index in [1.165, 1.54) is 47.8 Å². The number of thiol groups is 1. The van der Waals surface area contributed by atoms with Gasteiger partial charge in [0, 0.05) is 12.2 Å². The summed E-state index contributed by atoms with van der Waals surface area (Å²) in [6.07, 6.45) is 2.79. The number of amides is 5. The van der Waals surface area contributed by atoms with E-state index in [2.05, 4.69) is 39.2 Å². The van der Waals surface area contributed by atoms with E-state index in [4.69, 9.17) is 5.73 Å². The summed E-state index contributed by atoms with van der Waals surface area (Å²) in [5.74, 6) is -6.89. The van der Waals surface area contributed by atoms with Crippen LogP contribution in [0.25, 0.3) is 0 Å². The summed E-state index contributed by atoms with van der Waals surface area (Å²) in [6, 6.07) is -2.76. The summed E-state index contributed by atoms with van der Waals surface area (Å²) < 4.78 is 0. The van der Waals surface area contributed by atoms with Gasteiger partial charge in [-0.25, -0.2) is 4.79 Å². The van der Waals surface area contributed by atoms with Gasteiger partial charge < -0.3 is 52.7 Å². The lowest BCUT2D eigenvalue weighted by Crippen LogP contribution is -2.60. The largest absolute Gasteiger partial charge is 0.508 e. The fourth-order valence-electron chi connectivity index (χ4n) is 4.09. The average Bonchev–Trinajstić information content (AvgIpc) is 3.06. The van der Waals surface area contributed by atoms with Crippen molar-refractivity contribution in [3.8, 4) is 5.75 Å². The first kappa shape index (κ1) is 43.3. The molecule has 1 rings (SSSR count). The number of carboxylic acids is 2. The molecule has 0 radical (unpaired) electrons. The van der Waals surface area contributed by atoms with Gasteiger partial charge in [0.1, 0.15) is 36.0 Å². The van der Waals surface area contributed by atoms with E-state index in [0.29, 0.717) is 23.5 Å². The van der Waals surface area contributed by atoms with Crippen molar-refractivity contribution in [1.29, 1.82) is 0 Å². The van der Waals surface area contributed by atoms with Crippen molar-refractivity contribution in [3.05, 3.63) is 29.8 Å². The second-order valence-corrected chi connectivity index (χ2v) is 13.0. The third kappa shape index (κ3) is 16.0. The average molecular weight is 749 g/mol. The Balaban J connectivity index is 3.05. The van der Waals surface area contributed by atoms with E-state index in [-0.39, 0.29) is 24.3 Å². The van der Waals surface area contributed by atoms with Gasteiger partial charge in [-0.1, -0.05) is 12.1 Å². The highest BCUT2D eigenvalue weighted by molar-refractivity contribution is 7.98.